The third kappa shape index (κ3) is 24.5. The second-order valence-corrected chi connectivity index (χ2v) is 33.7. The van der Waals surface area contributed by atoms with Crippen LogP contribution in [0.15, 0.2) is 230 Å². The number of anilines is 4. The van der Waals surface area contributed by atoms with E-state index in [4.69, 9.17) is 44.0 Å². The summed E-state index contributed by atoms with van der Waals surface area (Å²) in [4.78, 5) is 76.5. The Morgan fingerprint density at radius 2 is 0.932 bits per heavy atom. The van der Waals surface area contributed by atoms with Crippen molar-refractivity contribution < 1.29 is 78.7 Å². The van der Waals surface area contributed by atoms with Crippen LogP contribution in [0.5, 0.6) is 0 Å². The molecule has 16 rings (SSSR count). The number of halogens is 7. The molecule has 3 atom stereocenters. The number of H-pyrrole nitrogens is 1. The number of aromatic nitrogens is 10. The monoisotopic (exact) mass is 1850 g/mol. The summed E-state index contributed by atoms with van der Waals surface area (Å²) < 4.78 is 123. The Morgan fingerprint density at radius 1 is 0.481 bits per heavy atom. The smallest absolute Gasteiger partial charge is 0.254 e. The van der Waals surface area contributed by atoms with Crippen LogP contribution < -0.4 is 44.2 Å². The number of ether oxygens (including phenoxy) is 2. The van der Waals surface area contributed by atoms with Gasteiger partial charge in [0.2, 0.25) is 0 Å². The average Bonchev–Trinajstić information content (AvgIpc) is 1.75. The van der Waals surface area contributed by atoms with Crippen LogP contribution in [0.4, 0.5) is 49.6 Å². The first-order valence-electron chi connectivity index (χ1n) is 41.6. The van der Waals surface area contributed by atoms with Gasteiger partial charge >= 0.3 is 0 Å². The normalized spacial score (nSPS) is 13.4. The fraction of sp³-hybridized carbons (Fsp3) is 0.208. The Morgan fingerprint density at radius 3 is 1.38 bits per heavy atom. The van der Waals surface area contributed by atoms with Crippen LogP contribution >= 0.6 is 11.6 Å². The van der Waals surface area contributed by atoms with Crippen LogP contribution in [0, 0.1) is 41.8 Å². The van der Waals surface area contributed by atoms with Crippen LogP contribution in [0.2, 0.25) is 5.02 Å². The van der Waals surface area contributed by atoms with Crippen LogP contribution in [0.25, 0.3) is 67.0 Å². The number of aliphatic hydroxyl groups is 3. The topological polar surface area (TPSA) is 458 Å². The zero-order valence-corrected chi connectivity index (χ0v) is 73.3. The first-order chi connectivity index (χ1) is 63.9. The number of nitrogens with one attached hydrogen (secondary N) is 5. The number of nitrogens with zero attached hydrogens (tertiary/aromatic N) is 9. The number of carbonyl (C=O) groups excluding carboxylic acids is 4. The molecular formula is C96H91ClF6N18O11S. The van der Waals surface area contributed by atoms with Gasteiger partial charge in [-0.1, -0.05) is 96.0 Å². The number of sulfone groups is 1. The Labute approximate surface area is 764 Å². The molecule has 29 nitrogen and oxygen atoms in total. The molecule has 133 heavy (non-hydrogen) atoms. The van der Waals surface area contributed by atoms with Gasteiger partial charge in [-0.25, -0.2) is 64.7 Å². The molecule has 14 aromatic rings. The molecule has 0 spiro atoms. The van der Waals surface area contributed by atoms with E-state index in [1.807, 2.05) is 37.4 Å². The van der Waals surface area contributed by atoms with E-state index >= 15 is 0 Å². The number of aliphatic hydroxyl groups excluding tert-OH is 3. The van der Waals surface area contributed by atoms with Crippen molar-refractivity contribution in [3.63, 3.8) is 0 Å². The second-order valence-electron chi connectivity index (χ2n) is 31.2. The zero-order chi connectivity index (χ0) is 94.7. The van der Waals surface area contributed by atoms with E-state index in [1.165, 1.54) is 60.7 Å². The van der Waals surface area contributed by atoms with Gasteiger partial charge in [0, 0.05) is 132 Å². The predicted molar refractivity (Wildman–Crippen MR) is 489 cm³/mol. The first-order valence-corrected chi connectivity index (χ1v) is 43.9. The first kappa shape index (κ1) is 95.9. The Kier molecular flexibility index (Phi) is 31.6. The average molecular weight is 1850 g/mol. The predicted octanol–water partition coefficient (Wildman–Crippen LogP) is 14.2. The van der Waals surface area contributed by atoms with Crippen molar-refractivity contribution in [2.75, 3.05) is 75.4 Å². The summed E-state index contributed by atoms with van der Waals surface area (Å²) >= 11 is 5.86. The molecule has 0 saturated carbocycles. The van der Waals surface area contributed by atoms with Crippen LogP contribution in [0.1, 0.15) is 136 Å². The quantitative estimate of drug-likeness (QED) is 0.0250. The molecule has 2 aliphatic rings. The molecule has 16 N–H and O–H groups in total. The lowest BCUT2D eigenvalue weighted by atomic mass is 9.96. The number of benzene rings is 8. The fourth-order valence-electron chi connectivity index (χ4n) is 14.7. The molecule has 2 aliphatic heterocycles. The lowest BCUT2D eigenvalue weighted by molar-refractivity contribution is 0.0843. The van der Waals surface area contributed by atoms with Crippen molar-refractivity contribution >= 4 is 68.3 Å². The summed E-state index contributed by atoms with van der Waals surface area (Å²) in [6.07, 6.45) is 17.6. The van der Waals surface area contributed by atoms with Gasteiger partial charge in [-0.2, -0.15) is 10.2 Å². The molecule has 6 aromatic heterocycles. The number of hydrogen-bond acceptors (Lipinski definition) is 23. The minimum atomic E-state index is -3.63. The minimum absolute atomic E-state index is 0.109. The zero-order valence-electron chi connectivity index (χ0n) is 71.7. The number of rotatable bonds is 24. The van der Waals surface area contributed by atoms with Gasteiger partial charge in [0.1, 0.15) is 69.6 Å². The summed E-state index contributed by atoms with van der Waals surface area (Å²) in [6.45, 7) is 3.19. The summed E-state index contributed by atoms with van der Waals surface area (Å²) in [5.41, 5.74) is 34.5. The maximum atomic E-state index is 15.0. The van der Waals surface area contributed by atoms with Crippen molar-refractivity contribution in [3.05, 3.63) is 327 Å². The summed E-state index contributed by atoms with van der Waals surface area (Å²) in [5.74, 6) is -5.95. The fourth-order valence-corrected chi connectivity index (χ4v) is 15.7. The van der Waals surface area contributed by atoms with Crippen LogP contribution in [-0.2, 0) is 32.9 Å². The second kappa shape index (κ2) is 43.8. The summed E-state index contributed by atoms with van der Waals surface area (Å²) in [7, 11) is -1.84. The van der Waals surface area contributed by atoms with Crippen molar-refractivity contribution in [2.45, 2.75) is 74.0 Å². The number of nitrogen functional groups attached to an aromatic ring is 4. The molecule has 0 unspecified atom stereocenters. The van der Waals surface area contributed by atoms with Crippen molar-refractivity contribution in [2.24, 2.45) is 7.05 Å². The van der Waals surface area contributed by atoms with Gasteiger partial charge in [-0.05, 0) is 163 Å². The number of pyridine rings is 2. The van der Waals surface area contributed by atoms with E-state index in [-0.39, 0.29) is 98.2 Å². The molecule has 4 amide bonds. The number of nitrogens with two attached hydrogens (primary N) is 4. The van der Waals surface area contributed by atoms with Gasteiger partial charge in [0.05, 0.1) is 101 Å². The van der Waals surface area contributed by atoms with Crippen LogP contribution in [0.3, 0.4) is 0 Å². The Bertz CT molecular complexity index is 6660. The third-order valence-corrected chi connectivity index (χ3v) is 23.2. The largest absolute Gasteiger partial charge is 0.394 e. The highest BCUT2D eigenvalue weighted by atomic mass is 35.5. The number of aryl methyl sites for hydroxylation is 2. The molecule has 8 heterocycles. The molecule has 0 bridgehead atoms. The van der Waals surface area contributed by atoms with Gasteiger partial charge in [-0.15, -0.1) is 0 Å². The van der Waals surface area contributed by atoms with E-state index in [1.54, 1.807) is 116 Å². The van der Waals surface area contributed by atoms with E-state index in [0.717, 1.165) is 113 Å². The third-order valence-electron chi connectivity index (χ3n) is 21.9. The number of amides is 4. The van der Waals surface area contributed by atoms with E-state index in [0.29, 0.717) is 71.2 Å². The molecule has 2 fully saturated rings. The van der Waals surface area contributed by atoms with E-state index < -0.39 is 93.1 Å². The summed E-state index contributed by atoms with van der Waals surface area (Å²) in [6, 6.07) is 41.1. The minimum Gasteiger partial charge on any atom is -0.394 e. The Balaban J connectivity index is 0.000000151. The lowest BCUT2D eigenvalue weighted by Gasteiger charge is -2.22. The number of carbonyl (C=O) groups is 4. The lowest BCUT2D eigenvalue weighted by Crippen LogP contribution is -2.31. The molecule has 8 aromatic carbocycles. The van der Waals surface area contributed by atoms with Gasteiger partial charge < -0.3 is 69.0 Å². The van der Waals surface area contributed by atoms with Gasteiger partial charge in [0.25, 0.3) is 23.6 Å². The SMILES string of the molecule is CS(=O)(=O)c1cc(F)cc(CNC(=O)c2ccc(-c3nc(C4CCOCC4)cnc3N)cc2F)c1.Cc1cccc([C@@H](CO)NC(=O)c2ccc(-c3nc(C4CCOCC4)cnc3N)cc2F)c1.Cn1cc(-c2cnc(N)c(-c3ccc(C(=O)N[C@H](CO)c4cc(F)cc(Cl)c4)c(F)c3)c2)cn1.Nc1ncc(-c2cn[nH]c2)cc1-c1ccc(C(=O)N[C@H](CO)c2ccccc2)c(F)c1. The number of aromatic amines is 1. The molecule has 37 heteroatoms. The molecule has 2 saturated heterocycles. The maximum Gasteiger partial charge on any atom is 0.254 e. The number of hydrogen-bond donors (Lipinski definition) is 12. The molecular weight excluding hydrogens is 1760 g/mol. The highest BCUT2D eigenvalue weighted by Crippen LogP contribution is 2.37. The summed E-state index contributed by atoms with van der Waals surface area (Å²) in [5, 5.41) is 50.3. The Hall–Kier alpha value is -14.7. The highest BCUT2D eigenvalue weighted by Gasteiger charge is 2.28. The molecule has 0 aliphatic carbocycles. The van der Waals surface area contributed by atoms with Crippen LogP contribution in [-0.4, -0.2) is 150 Å². The standard InChI is InChI=1S/C25H27FN4O3.C24H20ClF2N5O2.C24H24F2N4O4S.C23H20FN5O2/c1-15-3-2-4-17(11-15)22(14-31)30-25(32)19-6-5-18(12-20(19)26)23-24(27)28-13-21(29-23)16-7-9-33-10-8-16;1-32-11-16(10-30-32)15-6-20(23(28)29-9-15)13-2-3-19(21(27)7-13)24(34)31-22(12-33)14-4-17(25)8-18(26)5-14;1-35(32,33)18-9-14(8-17(25)11-18)12-29-24(31)19-3-2-16(10-20(19)26)22-23(27)28-13-21(30-22)15-4-6-34-7-5-15;24-20-9-15(19-8-16(10-26-22(19)25)17-11-27-28-12-17)6-7-18(20)23(31)29-21(13-30)14-4-2-1-3-5-14/h2-6,11-13,16,22,31H,7-10,14H2,1H3,(H2,27,28)(H,30,32);2-11,22,33H,12H2,1H3,(H2,28,29)(H,31,34);2-3,8-11,13,15H,4-7,12H2,1H3,(H2,27,28)(H,29,31);1-12,21,30H,13H2,(H2,25,26)(H,27,28)(H,29,31)/t2*22-;;21-/m11.1/s1. The van der Waals surface area contributed by atoms with Crippen molar-refractivity contribution in [1.82, 2.24) is 71.1 Å². The molecule has 0 radical (unpaired) electrons. The van der Waals surface area contributed by atoms with Gasteiger partial charge in [-0.3, -0.25) is 29.0 Å². The van der Waals surface area contributed by atoms with E-state index in [9.17, 15) is 69.3 Å². The van der Waals surface area contributed by atoms with E-state index in [2.05, 4.69) is 66.5 Å². The highest BCUT2D eigenvalue weighted by molar-refractivity contribution is 7.90. The maximum absolute atomic E-state index is 15.0. The van der Waals surface area contributed by atoms with Crippen molar-refractivity contribution in [3.8, 4) is 67.0 Å². The van der Waals surface area contributed by atoms with Gasteiger partial charge in [0.15, 0.2) is 9.84 Å². The molecule has 686 valence electrons. The van der Waals surface area contributed by atoms with Crippen molar-refractivity contribution in [1.29, 1.82) is 0 Å².